The fourth-order valence-electron chi connectivity index (χ4n) is 2.67. The molecule has 124 valence electrons. The average molecular weight is 346 g/mol. The molecule has 1 amide bonds. The number of piperidine rings is 1. The van der Waals surface area contributed by atoms with Gasteiger partial charge in [-0.05, 0) is 30.7 Å². The smallest absolute Gasteiger partial charge is 0.252 e. The minimum atomic E-state index is -3.41. The summed E-state index contributed by atoms with van der Waals surface area (Å²) in [6.45, 7) is 1.04. The van der Waals surface area contributed by atoms with Crippen LogP contribution in [-0.4, -0.2) is 51.5 Å². The second kappa shape index (κ2) is 8.05. The van der Waals surface area contributed by atoms with Crippen molar-refractivity contribution < 1.29 is 17.9 Å². The number of rotatable bonds is 7. The van der Waals surface area contributed by atoms with Crippen molar-refractivity contribution in [3.05, 3.63) is 17.5 Å². The standard InChI is InChI=1S/C14H22N2O4S2/c1-20-11-13(17)15-8-7-12-5-2-3-9-16(12)22(18,19)14-6-4-10-21-14/h4,6,10,12H,2-3,5,7-9,11H2,1H3,(H,15,17). The summed E-state index contributed by atoms with van der Waals surface area (Å²) in [5.41, 5.74) is 0. The summed E-state index contributed by atoms with van der Waals surface area (Å²) in [6.07, 6.45) is 3.37. The molecule has 2 heterocycles. The van der Waals surface area contributed by atoms with Gasteiger partial charge in [0.15, 0.2) is 0 Å². The minimum Gasteiger partial charge on any atom is -0.375 e. The fourth-order valence-corrected chi connectivity index (χ4v) is 5.51. The first-order valence-corrected chi connectivity index (χ1v) is 9.68. The molecule has 1 aromatic rings. The van der Waals surface area contributed by atoms with Crippen LogP contribution in [0, 0.1) is 0 Å². The van der Waals surface area contributed by atoms with E-state index >= 15 is 0 Å². The van der Waals surface area contributed by atoms with Gasteiger partial charge in [0, 0.05) is 26.2 Å². The first-order chi connectivity index (χ1) is 10.6. The molecule has 0 aliphatic carbocycles. The molecule has 6 nitrogen and oxygen atoms in total. The molecule has 2 rings (SSSR count). The summed E-state index contributed by atoms with van der Waals surface area (Å²) in [4.78, 5) is 11.4. The number of carbonyl (C=O) groups is 1. The molecule has 8 heteroatoms. The lowest BCUT2D eigenvalue weighted by Gasteiger charge is -2.34. The number of ether oxygens (including phenoxy) is 1. The third kappa shape index (κ3) is 4.28. The quantitative estimate of drug-likeness (QED) is 0.811. The van der Waals surface area contributed by atoms with E-state index in [0.717, 1.165) is 19.3 Å². The van der Waals surface area contributed by atoms with Gasteiger partial charge in [-0.2, -0.15) is 4.31 Å². The number of methoxy groups -OCH3 is 1. The number of nitrogens with one attached hydrogen (secondary N) is 1. The summed E-state index contributed by atoms with van der Waals surface area (Å²) in [7, 11) is -1.95. The van der Waals surface area contributed by atoms with Gasteiger partial charge < -0.3 is 10.1 Å². The van der Waals surface area contributed by atoms with Gasteiger partial charge in [-0.15, -0.1) is 11.3 Å². The minimum absolute atomic E-state index is 0.0296. The Morgan fingerprint density at radius 1 is 1.50 bits per heavy atom. The highest BCUT2D eigenvalue weighted by molar-refractivity contribution is 7.91. The normalized spacial score (nSPS) is 20.0. The molecule has 1 saturated heterocycles. The Morgan fingerprint density at radius 2 is 2.32 bits per heavy atom. The van der Waals surface area contributed by atoms with Crippen LogP contribution >= 0.6 is 11.3 Å². The number of carbonyl (C=O) groups excluding carboxylic acids is 1. The van der Waals surface area contributed by atoms with E-state index in [9.17, 15) is 13.2 Å². The van der Waals surface area contributed by atoms with Gasteiger partial charge in [-0.1, -0.05) is 12.5 Å². The van der Waals surface area contributed by atoms with Crippen LogP contribution in [0.4, 0.5) is 0 Å². The Labute approximate surface area is 135 Å². The van der Waals surface area contributed by atoms with Crippen molar-refractivity contribution in [1.82, 2.24) is 9.62 Å². The molecule has 1 aliphatic heterocycles. The molecule has 1 aliphatic rings. The summed E-state index contributed by atoms with van der Waals surface area (Å²) in [5.74, 6) is -0.175. The molecule has 1 aromatic heterocycles. The molecular weight excluding hydrogens is 324 g/mol. The monoisotopic (exact) mass is 346 g/mol. The van der Waals surface area contributed by atoms with Crippen molar-refractivity contribution in [2.75, 3.05) is 26.8 Å². The van der Waals surface area contributed by atoms with Crippen LogP contribution in [0.25, 0.3) is 0 Å². The van der Waals surface area contributed by atoms with Crippen LogP contribution in [-0.2, 0) is 19.6 Å². The number of hydrogen-bond acceptors (Lipinski definition) is 5. The van der Waals surface area contributed by atoms with Crippen molar-refractivity contribution in [3.8, 4) is 0 Å². The van der Waals surface area contributed by atoms with E-state index in [1.165, 1.54) is 18.4 Å². The predicted octanol–water partition coefficient (Wildman–Crippen LogP) is 1.44. The lowest BCUT2D eigenvalue weighted by atomic mass is 10.0. The van der Waals surface area contributed by atoms with E-state index in [1.807, 2.05) is 0 Å². The van der Waals surface area contributed by atoms with Gasteiger partial charge in [0.2, 0.25) is 5.91 Å². The zero-order valence-corrected chi connectivity index (χ0v) is 14.3. The number of sulfonamides is 1. The highest BCUT2D eigenvalue weighted by atomic mass is 32.2. The molecule has 0 saturated carbocycles. The van der Waals surface area contributed by atoms with E-state index in [4.69, 9.17) is 4.74 Å². The Hall–Kier alpha value is -0.960. The van der Waals surface area contributed by atoms with E-state index in [-0.39, 0.29) is 18.6 Å². The third-order valence-electron chi connectivity index (χ3n) is 3.71. The first-order valence-electron chi connectivity index (χ1n) is 7.36. The van der Waals surface area contributed by atoms with Crippen LogP contribution in [0.2, 0.25) is 0 Å². The van der Waals surface area contributed by atoms with Gasteiger partial charge in [-0.25, -0.2) is 8.42 Å². The van der Waals surface area contributed by atoms with Crippen molar-refractivity contribution in [2.45, 2.75) is 35.9 Å². The lowest BCUT2D eigenvalue weighted by molar-refractivity contribution is -0.124. The van der Waals surface area contributed by atoms with Gasteiger partial charge >= 0.3 is 0 Å². The Kier molecular flexibility index (Phi) is 6.37. The molecule has 0 bridgehead atoms. The Bertz CT molecular complexity index is 572. The molecule has 1 N–H and O–H groups in total. The number of amides is 1. The molecule has 1 unspecified atom stereocenters. The van der Waals surface area contributed by atoms with Crippen molar-refractivity contribution >= 4 is 27.3 Å². The zero-order valence-electron chi connectivity index (χ0n) is 12.7. The molecular formula is C14H22N2O4S2. The molecule has 1 atom stereocenters. The summed E-state index contributed by atoms with van der Waals surface area (Å²) < 4.78 is 32.1. The maximum Gasteiger partial charge on any atom is 0.252 e. The highest BCUT2D eigenvalue weighted by Crippen LogP contribution is 2.28. The van der Waals surface area contributed by atoms with Crippen molar-refractivity contribution in [2.24, 2.45) is 0 Å². The predicted molar refractivity (Wildman–Crippen MR) is 85.4 cm³/mol. The maximum atomic E-state index is 12.7. The fraction of sp³-hybridized carbons (Fsp3) is 0.643. The Balaban J connectivity index is 1.98. The van der Waals surface area contributed by atoms with Gasteiger partial charge in [0.1, 0.15) is 10.8 Å². The summed E-state index contributed by atoms with van der Waals surface area (Å²) in [6, 6.07) is 3.34. The molecule has 1 fully saturated rings. The number of nitrogens with zero attached hydrogens (tertiary/aromatic N) is 1. The lowest BCUT2D eigenvalue weighted by Crippen LogP contribution is -2.45. The highest BCUT2D eigenvalue weighted by Gasteiger charge is 2.33. The molecule has 0 spiro atoms. The van der Waals surface area contributed by atoms with Crippen LogP contribution in [0.5, 0.6) is 0 Å². The van der Waals surface area contributed by atoms with Crippen molar-refractivity contribution in [3.63, 3.8) is 0 Å². The topological polar surface area (TPSA) is 75.7 Å². The van der Waals surface area contributed by atoms with Gasteiger partial charge in [-0.3, -0.25) is 4.79 Å². The van der Waals surface area contributed by atoms with Crippen LogP contribution in [0.3, 0.4) is 0 Å². The van der Waals surface area contributed by atoms with Crippen LogP contribution in [0.1, 0.15) is 25.7 Å². The SMILES string of the molecule is COCC(=O)NCCC1CCCCN1S(=O)(=O)c1cccs1. The van der Waals surface area contributed by atoms with Gasteiger partial charge in [0.25, 0.3) is 10.0 Å². The maximum absolute atomic E-state index is 12.7. The van der Waals surface area contributed by atoms with Crippen molar-refractivity contribution in [1.29, 1.82) is 0 Å². The third-order valence-corrected chi connectivity index (χ3v) is 7.03. The summed E-state index contributed by atoms with van der Waals surface area (Å²) >= 11 is 1.24. The summed E-state index contributed by atoms with van der Waals surface area (Å²) in [5, 5.41) is 4.53. The second-order valence-corrected chi connectivity index (χ2v) is 8.33. The second-order valence-electron chi connectivity index (χ2n) is 5.27. The van der Waals surface area contributed by atoms with Gasteiger partial charge in [0.05, 0.1) is 0 Å². The van der Waals surface area contributed by atoms with E-state index < -0.39 is 10.0 Å². The van der Waals surface area contributed by atoms with E-state index in [2.05, 4.69) is 5.32 Å². The van der Waals surface area contributed by atoms with Crippen LogP contribution in [0.15, 0.2) is 21.7 Å². The number of thiophene rings is 1. The Morgan fingerprint density at radius 3 is 3.00 bits per heavy atom. The molecule has 0 aromatic carbocycles. The zero-order chi connectivity index (χ0) is 16.0. The van der Waals surface area contributed by atoms with E-state index in [1.54, 1.807) is 21.8 Å². The average Bonchev–Trinajstić information content (AvgIpc) is 3.03. The molecule has 0 radical (unpaired) electrons. The molecule has 22 heavy (non-hydrogen) atoms. The van der Waals surface area contributed by atoms with E-state index in [0.29, 0.717) is 23.7 Å². The first kappa shape index (κ1) is 17.4. The number of hydrogen-bond donors (Lipinski definition) is 1. The van der Waals surface area contributed by atoms with Crippen LogP contribution < -0.4 is 5.32 Å². The largest absolute Gasteiger partial charge is 0.375 e.